The molecule has 0 unspecified atom stereocenters. The summed E-state index contributed by atoms with van der Waals surface area (Å²) in [6.07, 6.45) is 10.6. The topological polar surface area (TPSA) is 52.6 Å². The zero-order valence-electron chi connectivity index (χ0n) is 14.5. The predicted octanol–water partition coefficient (Wildman–Crippen LogP) is 1.39. The lowest BCUT2D eigenvalue weighted by Gasteiger charge is -2.49. The van der Waals surface area contributed by atoms with Crippen LogP contribution in [0, 0.1) is 5.92 Å². The van der Waals surface area contributed by atoms with Crippen molar-refractivity contribution in [3.8, 4) is 0 Å². The number of nitrogens with zero attached hydrogens (tertiary/aromatic N) is 5. The van der Waals surface area contributed by atoms with Crippen LogP contribution in [0.25, 0.3) is 0 Å². The molecule has 6 heteroatoms. The van der Waals surface area contributed by atoms with Crippen LogP contribution in [0.1, 0.15) is 32.1 Å². The largest absolute Gasteiger partial charge is 0.352 e. The molecule has 1 aliphatic carbocycles. The van der Waals surface area contributed by atoms with Gasteiger partial charge >= 0.3 is 0 Å². The number of likely N-dealkylation sites (N-methyl/N-ethyl adjacent to an activating group) is 1. The average molecular weight is 329 g/mol. The second kappa shape index (κ2) is 6.31. The minimum Gasteiger partial charge on any atom is -0.352 e. The molecule has 130 valence electrons. The van der Waals surface area contributed by atoms with E-state index in [-0.39, 0.29) is 5.54 Å². The van der Waals surface area contributed by atoms with Crippen LogP contribution in [0.3, 0.4) is 0 Å². The highest BCUT2D eigenvalue weighted by molar-refractivity contribution is 5.76. The van der Waals surface area contributed by atoms with Crippen molar-refractivity contribution in [2.75, 3.05) is 44.7 Å². The van der Waals surface area contributed by atoms with E-state index in [4.69, 9.17) is 0 Å². The normalized spacial score (nSPS) is 29.1. The number of anilines is 1. The maximum absolute atomic E-state index is 12.5. The Kier molecular flexibility index (Phi) is 4.16. The molecule has 4 rings (SSSR count). The standard InChI is InChI=1S/C18H27N5O/c1-21-10-11-23(16-12-19-7-8-20-16)14-18(21)5-4-17(24)22(9-6-18)13-15-2-3-15/h7-8,12,15H,2-6,9-11,13-14H2,1H3/t18-/m1/s1. The number of carbonyl (C=O) groups excluding carboxylic acids is 1. The van der Waals surface area contributed by atoms with Gasteiger partial charge in [0, 0.05) is 57.1 Å². The molecule has 0 bridgehead atoms. The Morgan fingerprint density at radius 1 is 1.21 bits per heavy atom. The molecule has 1 aromatic rings. The smallest absolute Gasteiger partial charge is 0.222 e. The molecule has 1 spiro atoms. The van der Waals surface area contributed by atoms with Gasteiger partial charge in [-0.05, 0) is 38.6 Å². The highest BCUT2D eigenvalue weighted by Crippen LogP contribution is 2.35. The molecule has 1 saturated carbocycles. The second-order valence-corrected chi connectivity index (χ2v) is 7.66. The first-order chi connectivity index (χ1) is 11.7. The SMILES string of the molecule is CN1CCN(c2cnccn2)C[C@]12CCC(=O)N(CC1CC1)CC2. The summed E-state index contributed by atoms with van der Waals surface area (Å²) in [5.41, 5.74) is 0.0731. The number of carbonyl (C=O) groups is 1. The predicted molar refractivity (Wildman–Crippen MR) is 92.8 cm³/mol. The van der Waals surface area contributed by atoms with E-state index in [0.29, 0.717) is 12.3 Å². The zero-order chi connectivity index (χ0) is 16.6. The van der Waals surface area contributed by atoms with Crippen molar-refractivity contribution in [1.29, 1.82) is 0 Å². The third-order valence-corrected chi connectivity index (χ3v) is 6.05. The van der Waals surface area contributed by atoms with E-state index >= 15 is 0 Å². The maximum Gasteiger partial charge on any atom is 0.222 e. The molecular weight excluding hydrogens is 302 g/mol. The summed E-state index contributed by atoms with van der Waals surface area (Å²) in [5, 5.41) is 0. The molecule has 6 nitrogen and oxygen atoms in total. The first-order valence-corrected chi connectivity index (χ1v) is 9.16. The van der Waals surface area contributed by atoms with Crippen molar-refractivity contribution in [3.05, 3.63) is 18.6 Å². The van der Waals surface area contributed by atoms with Gasteiger partial charge in [0.15, 0.2) is 0 Å². The highest BCUT2D eigenvalue weighted by Gasteiger charge is 2.43. The van der Waals surface area contributed by atoms with Crippen molar-refractivity contribution in [3.63, 3.8) is 0 Å². The fraction of sp³-hybridized carbons (Fsp3) is 0.722. The fourth-order valence-corrected chi connectivity index (χ4v) is 4.15. The third kappa shape index (κ3) is 3.11. The summed E-state index contributed by atoms with van der Waals surface area (Å²) in [6.45, 7) is 4.79. The van der Waals surface area contributed by atoms with Gasteiger partial charge in [-0.25, -0.2) is 4.98 Å². The Hall–Kier alpha value is -1.69. The van der Waals surface area contributed by atoms with Gasteiger partial charge in [-0.3, -0.25) is 14.7 Å². The number of rotatable bonds is 3. The van der Waals surface area contributed by atoms with Crippen LogP contribution >= 0.6 is 0 Å². The molecule has 0 aromatic carbocycles. The quantitative estimate of drug-likeness (QED) is 0.839. The van der Waals surface area contributed by atoms with Crippen LogP contribution in [0.2, 0.25) is 0 Å². The number of hydrogen-bond donors (Lipinski definition) is 0. The Morgan fingerprint density at radius 3 is 2.83 bits per heavy atom. The number of amides is 1. The van der Waals surface area contributed by atoms with Gasteiger partial charge in [-0.2, -0.15) is 0 Å². The average Bonchev–Trinajstić information content (AvgIpc) is 3.44. The summed E-state index contributed by atoms with van der Waals surface area (Å²) < 4.78 is 0. The number of aromatic nitrogens is 2. The number of hydrogen-bond acceptors (Lipinski definition) is 5. The lowest BCUT2D eigenvalue weighted by atomic mass is 9.86. The van der Waals surface area contributed by atoms with Crippen molar-refractivity contribution in [1.82, 2.24) is 19.8 Å². The molecule has 1 amide bonds. The second-order valence-electron chi connectivity index (χ2n) is 7.66. The molecule has 1 aromatic heterocycles. The first kappa shape index (κ1) is 15.8. The van der Waals surface area contributed by atoms with E-state index < -0.39 is 0 Å². The third-order valence-electron chi connectivity index (χ3n) is 6.05. The van der Waals surface area contributed by atoms with Gasteiger partial charge in [-0.15, -0.1) is 0 Å². The molecule has 0 radical (unpaired) electrons. The summed E-state index contributed by atoms with van der Waals surface area (Å²) >= 11 is 0. The van der Waals surface area contributed by atoms with E-state index in [1.807, 2.05) is 6.20 Å². The van der Waals surface area contributed by atoms with E-state index in [1.54, 1.807) is 12.4 Å². The van der Waals surface area contributed by atoms with E-state index in [0.717, 1.165) is 57.3 Å². The highest BCUT2D eigenvalue weighted by atomic mass is 16.2. The Bertz CT molecular complexity index is 590. The van der Waals surface area contributed by atoms with Crippen LogP contribution in [0.4, 0.5) is 5.82 Å². The Balaban J connectivity index is 1.50. The van der Waals surface area contributed by atoms with Gasteiger partial charge in [0.2, 0.25) is 5.91 Å². The minimum atomic E-state index is 0.0731. The summed E-state index contributed by atoms with van der Waals surface area (Å²) in [4.78, 5) is 28.2. The molecule has 2 saturated heterocycles. The summed E-state index contributed by atoms with van der Waals surface area (Å²) in [6, 6.07) is 0. The van der Waals surface area contributed by atoms with Crippen LogP contribution in [0.15, 0.2) is 18.6 Å². The first-order valence-electron chi connectivity index (χ1n) is 9.16. The molecule has 1 atom stereocenters. The van der Waals surface area contributed by atoms with E-state index in [2.05, 4.69) is 31.7 Å². The Morgan fingerprint density at radius 2 is 2.08 bits per heavy atom. The van der Waals surface area contributed by atoms with Crippen molar-refractivity contribution in [2.24, 2.45) is 5.92 Å². The van der Waals surface area contributed by atoms with Gasteiger partial charge in [0.25, 0.3) is 0 Å². The summed E-state index contributed by atoms with van der Waals surface area (Å²) in [7, 11) is 2.22. The van der Waals surface area contributed by atoms with Crippen molar-refractivity contribution in [2.45, 2.75) is 37.6 Å². The fourth-order valence-electron chi connectivity index (χ4n) is 4.15. The Labute approximate surface area is 143 Å². The van der Waals surface area contributed by atoms with E-state index in [9.17, 15) is 4.79 Å². The number of piperazine rings is 1. The minimum absolute atomic E-state index is 0.0731. The molecule has 0 N–H and O–H groups in total. The molecule has 3 fully saturated rings. The van der Waals surface area contributed by atoms with Crippen LogP contribution in [-0.4, -0.2) is 71.0 Å². The molecule has 3 heterocycles. The molecule has 3 aliphatic rings. The van der Waals surface area contributed by atoms with E-state index in [1.165, 1.54) is 12.8 Å². The zero-order valence-corrected chi connectivity index (χ0v) is 14.5. The molecule has 24 heavy (non-hydrogen) atoms. The lowest BCUT2D eigenvalue weighted by Crippen LogP contribution is -2.61. The summed E-state index contributed by atoms with van der Waals surface area (Å²) in [5.74, 6) is 2.07. The van der Waals surface area contributed by atoms with Crippen molar-refractivity contribution >= 4 is 11.7 Å². The molecule has 2 aliphatic heterocycles. The van der Waals surface area contributed by atoms with Gasteiger partial charge in [-0.1, -0.05) is 0 Å². The van der Waals surface area contributed by atoms with Crippen molar-refractivity contribution < 1.29 is 4.79 Å². The van der Waals surface area contributed by atoms with Gasteiger partial charge in [0.05, 0.1) is 6.20 Å². The lowest BCUT2D eigenvalue weighted by molar-refractivity contribution is -0.130. The number of likely N-dealkylation sites (tertiary alicyclic amines) is 1. The van der Waals surface area contributed by atoms with Crippen LogP contribution < -0.4 is 4.90 Å². The maximum atomic E-state index is 12.5. The molecular formula is C18H27N5O. The van der Waals surface area contributed by atoms with Crippen LogP contribution in [0.5, 0.6) is 0 Å². The van der Waals surface area contributed by atoms with Crippen LogP contribution in [-0.2, 0) is 4.79 Å². The van der Waals surface area contributed by atoms with Gasteiger partial charge < -0.3 is 9.80 Å². The van der Waals surface area contributed by atoms with Gasteiger partial charge in [0.1, 0.15) is 5.82 Å². The monoisotopic (exact) mass is 329 g/mol.